The van der Waals surface area contributed by atoms with Gasteiger partial charge in [-0.3, -0.25) is 4.98 Å². The first-order valence-electron chi connectivity index (χ1n) is 6.12. The van der Waals surface area contributed by atoms with Gasteiger partial charge in [0.25, 0.3) is 0 Å². The van der Waals surface area contributed by atoms with Crippen LogP contribution in [-0.4, -0.2) is 11.5 Å². The average Bonchev–Trinajstić information content (AvgIpc) is 2.41. The van der Waals surface area contributed by atoms with Gasteiger partial charge in [-0.25, -0.2) is 0 Å². The van der Waals surface area contributed by atoms with Crippen molar-refractivity contribution in [2.75, 3.05) is 6.54 Å². The zero-order chi connectivity index (χ0) is 11.9. The molecule has 0 spiro atoms. The molecule has 0 fully saturated rings. The van der Waals surface area contributed by atoms with Gasteiger partial charge in [0.1, 0.15) is 6.54 Å². The second-order valence-electron chi connectivity index (χ2n) is 4.40. The van der Waals surface area contributed by atoms with Crippen LogP contribution in [0.3, 0.4) is 0 Å². The number of benzene rings is 1. The third kappa shape index (κ3) is 3.68. The number of hydrogen-bond donors (Lipinski definition) is 1. The van der Waals surface area contributed by atoms with Gasteiger partial charge in [-0.15, -0.1) is 0 Å². The minimum Gasteiger partial charge on any atom is -0.342 e. The van der Waals surface area contributed by atoms with Crippen molar-refractivity contribution in [1.82, 2.24) is 4.98 Å². The number of nitrogens with zero attached hydrogens (tertiary/aromatic N) is 1. The summed E-state index contributed by atoms with van der Waals surface area (Å²) >= 11 is 0. The van der Waals surface area contributed by atoms with Crippen molar-refractivity contribution < 1.29 is 5.32 Å². The Balaban J connectivity index is 1.79. The summed E-state index contributed by atoms with van der Waals surface area (Å²) in [5.74, 6) is 0.591. The molecule has 0 aliphatic rings. The van der Waals surface area contributed by atoms with Crippen LogP contribution in [0.5, 0.6) is 0 Å². The van der Waals surface area contributed by atoms with Crippen molar-refractivity contribution in [3.05, 3.63) is 66.0 Å². The molecule has 0 aliphatic heterocycles. The van der Waals surface area contributed by atoms with Crippen LogP contribution < -0.4 is 5.32 Å². The quantitative estimate of drug-likeness (QED) is 0.831. The maximum atomic E-state index is 4.12. The third-order valence-corrected chi connectivity index (χ3v) is 2.99. The van der Waals surface area contributed by atoms with E-state index in [4.69, 9.17) is 0 Å². The lowest BCUT2D eigenvalue weighted by Crippen LogP contribution is -2.83. The van der Waals surface area contributed by atoms with Gasteiger partial charge in [0.2, 0.25) is 0 Å². The summed E-state index contributed by atoms with van der Waals surface area (Å²) in [6, 6.07) is 14.8. The molecule has 2 N–H and O–H groups in total. The molecule has 1 atom stereocenters. The third-order valence-electron chi connectivity index (χ3n) is 2.99. The highest BCUT2D eigenvalue weighted by Gasteiger charge is 2.06. The molecule has 0 saturated carbocycles. The normalized spacial score (nSPS) is 12.3. The lowest BCUT2D eigenvalue weighted by molar-refractivity contribution is -0.672. The number of hydrogen-bond acceptors (Lipinski definition) is 1. The van der Waals surface area contributed by atoms with Crippen molar-refractivity contribution in [3.63, 3.8) is 0 Å². The zero-order valence-corrected chi connectivity index (χ0v) is 10.2. The van der Waals surface area contributed by atoms with E-state index in [-0.39, 0.29) is 0 Å². The number of pyridine rings is 1. The Hall–Kier alpha value is -1.67. The molecule has 2 aromatic rings. The van der Waals surface area contributed by atoms with Gasteiger partial charge in [0.15, 0.2) is 0 Å². The van der Waals surface area contributed by atoms with Gasteiger partial charge in [0, 0.05) is 23.9 Å². The molecule has 0 bridgehead atoms. The number of rotatable bonds is 5. The van der Waals surface area contributed by atoms with E-state index in [1.165, 1.54) is 11.1 Å². The molecule has 1 heterocycles. The van der Waals surface area contributed by atoms with Crippen LogP contribution in [0.25, 0.3) is 0 Å². The Morgan fingerprint density at radius 2 is 1.94 bits per heavy atom. The number of nitrogens with two attached hydrogens (primary N) is 1. The molecule has 0 amide bonds. The van der Waals surface area contributed by atoms with Crippen LogP contribution in [0.1, 0.15) is 24.0 Å². The van der Waals surface area contributed by atoms with E-state index in [9.17, 15) is 0 Å². The molecule has 0 aliphatic carbocycles. The van der Waals surface area contributed by atoms with Crippen LogP contribution in [0.15, 0.2) is 54.9 Å². The summed E-state index contributed by atoms with van der Waals surface area (Å²) in [5, 5.41) is 2.34. The van der Waals surface area contributed by atoms with E-state index in [2.05, 4.69) is 53.6 Å². The van der Waals surface area contributed by atoms with Gasteiger partial charge >= 0.3 is 0 Å². The smallest absolute Gasteiger partial charge is 0.103 e. The Kier molecular flexibility index (Phi) is 4.28. The topological polar surface area (TPSA) is 29.5 Å². The van der Waals surface area contributed by atoms with Gasteiger partial charge in [-0.1, -0.05) is 43.3 Å². The largest absolute Gasteiger partial charge is 0.342 e. The SMILES string of the molecule is C[C@@H](C[NH2+]Cc1cccnc1)c1ccccc1. The first kappa shape index (κ1) is 11.8. The van der Waals surface area contributed by atoms with Crippen LogP contribution in [0.4, 0.5) is 0 Å². The molecule has 1 aromatic carbocycles. The summed E-state index contributed by atoms with van der Waals surface area (Å²) in [7, 11) is 0. The monoisotopic (exact) mass is 227 g/mol. The molecule has 0 saturated heterocycles. The molecule has 2 rings (SSSR count). The molecule has 88 valence electrons. The van der Waals surface area contributed by atoms with Crippen molar-refractivity contribution in [2.24, 2.45) is 0 Å². The molecular formula is C15H19N2+. The maximum Gasteiger partial charge on any atom is 0.103 e. The van der Waals surface area contributed by atoms with Crippen molar-refractivity contribution >= 4 is 0 Å². The molecule has 0 radical (unpaired) electrons. The first-order valence-corrected chi connectivity index (χ1v) is 6.12. The summed E-state index contributed by atoms with van der Waals surface area (Å²) < 4.78 is 0. The fourth-order valence-corrected chi connectivity index (χ4v) is 1.94. The molecule has 17 heavy (non-hydrogen) atoms. The first-order chi connectivity index (χ1) is 8.36. The minimum absolute atomic E-state index is 0.591. The van der Waals surface area contributed by atoms with E-state index < -0.39 is 0 Å². The van der Waals surface area contributed by atoms with Gasteiger partial charge < -0.3 is 5.32 Å². The predicted molar refractivity (Wildman–Crippen MR) is 69.6 cm³/mol. The van der Waals surface area contributed by atoms with Crippen molar-refractivity contribution in [2.45, 2.75) is 19.4 Å². The fraction of sp³-hybridized carbons (Fsp3) is 0.267. The summed E-state index contributed by atoms with van der Waals surface area (Å²) in [6.45, 7) is 4.39. The van der Waals surface area contributed by atoms with Crippen molar-refractivity contribution in [3.8, 4) is 0 Å². The maximum absolute atomic E-state index is 4.12. The van der Waals surface area contributed by atoms with Crippen molar-refractivity contribution in [1.29, 1.82) is 0 Å². The average molecular weight is 227 g/mol. The van der Waals surface area contributed by atoms with E-state index in [0.717, 1.165) is 13.1 Å². The van der Waals surface area contributed by atoms with Gasteiger partial charge in [-0.05, 0) is 11.6 Å². The van der Waals surface area contributed by atoms with Gasteiger partial charge in [-0.2, -0.15) is 0 Å². The number of aromatic nitrogens is 1. The fourth-order valence-electron chi connectivity index (χ4n) is 1.94. The Morgan fingerprint density at radius 1 is 1.12 bits per heavy atom. The Labute approximate surface area is 103 Å². The molecule has 1 aromatic heterocycles. The summed E-state index contributed by atoms with van der Waals surface area (Å²) in [4.78, 5) is 4.12. The highest BCUT2D eigenvalue weighted by molar-refractivity contribution is 5.18. The van der Waals surface area contributed by atoms with Crippen LogP contribution in [-0.2, 0) is 6.54 Å². The second kappa shape index (κ2) is 6.16. The van der Waals surface area contributed by atoms with E-state index in [1.807, 2.05) is 18.5 Å². The highest BCUT2D eigenvalue weighted by Crippen LogP contribution is 2.11. The van der Waals surface area contributed by atoms with Crippen LogP contribution >= 0.6 is 0 Å². The summed E-state index contributed by atoms with van der Waals surface area (Å²) in [5.41, 5.74) is 2.70. The molecule has 0 unspecified atom stereocenters. The zero-order valence-electron chi connectivity index (χ0n) is 10.2. The highest BCUT2D eigenvalue weighted by atomic mass is 14.9. The van der Waals surface area contributed by atoms with Gasteiger partial charge in [0.05, 0.1) is 6.54 Å². The predicted octanol–water partition coefficient (Wildman–Crippen LogP) is 1.95. The van der Waals surface area contributed by atoms with E-state index >= 15 is 0 Å². The lowest BCUT2D eigenvalue weighted by atomic mass is 10.0. The van der Waals surface area contributed by atoms with Crippen LogP contribution in [0.2, 0.25) is 0 Å². The standard InChI is InChI=1S/C15H18N2/c1-13(15-7-3-2-4-8-15)10-17-12-14-6-5-9-16-11-14/h2-9,11,13,17H,10,12H2,1H3/p+1/t13-/m0/s1. The molecular weight excluding hydrogens is 208 g/mol. The minimum atomic E-state index is 0.591. The lowest BCUT2D eigenvalue weighted by Gasteiger charge is -2.10. The van der Waals surface area contributed by atoms with E-state index in [1.54, 1.807) is 0 Å². The molecule has 2 heteroatoms. The Bertz CT molecular complexity index is 425. The number of quaternary nitrogens is 1. The van der Waals surface area contributed by atoms with Crippen LogP contribution in [0, 0.1) is 0 Å². The second-order valence-corrected chi connectivity index (χ2v) is 4.40. The molecule has 2 nitrogen and oxygen atoms in total. The summed E-state index contributed by atoms with van der Waals surface area (Å²) in [6.07, 6.45) is 3.75. The Morgan fingerprint density at radius 3 is 2.65 bits per heavy atom. The van der Waals surface area contributed by atoms with E-state index in [0.29, 0.717) is 5.92 Å².